The minimum Gasteiger partial charge on any atom is -0.488 e. The van der Waals surface area contributed by atoms with Crippen molar-refractivity contribution in [3.05, 3.63) is 40.4 Å². The second kappa shape index (κ2) is 7.72. The van der Waals surface area contributed by atoms with Crippen molar-refractivity contribution in [3.8, 4) is 5.75 Å². The zero-order valence-corrected chi connectivity index (χ0v) is 17.2. The lowest BCUT2D eigenvalue weighted by Gasteiger charge is -2.35. The van der Waals surface area contributed by atoms with E-state index in [0.717, 1.165) is 36.8 Å². The summed E-state index contributed by atoms with van der Waals surface area (Å²) in [5.74, 6) is 1.13. The lowest BCUT2D eigenvalue weighted by atomic mass is 9.78. The molecule has 0 amide bonds. The zero-order valence-electron chi connectivity index (χ0n) is 16.4. The largest absolute Gasteiger partial charge is 0.488 e. The molecule has 2 heterocycles. The Labute approximate surface area is 169 Å². The summed E-state index contributed by atoms with van der Waals surface area (Å²) in [4.78, 5) is 20.0. The number of anilines is 1. The standard InChI is InChI=1S/C21H26N2O4S/c1-12-13(2)28-21(22-12)23-10-15-8-18(24)19(9-16(15)11-23)27-17-6-4-5-14(7-17)20(25)26-3/h4-7,15-16,18-19,24H,8-11H2,1-3H3/t15-,16+,18+,19+/m0/s1. The summed E-state index contributed by atoms with van der Waals surface area (Å²) < 4.78 is 10.9. The van der Waals surface area contributed by atoms with Crippen LogP contribution in [0.5, 0.6) is 5.75 Å². The minimum atomic E-state index is -0.511. The van der Waals surface area contributed by atoms with Crippen molar-refractivity contribution >= 4 is 22.4 Å². The van der Waals surface area contributed by atoms with Crippen LogP contribution in [-0.4, -0.2) is 48.5 Å². The van der Waals surface area contributed by atoms with Gasteiger partial charge in [-0.25, -0.2) is 9.78 Å². The second-order valence-corrected chi connectivity index (χ2v) is 8.96. The molecule has 4 rings (SSSR count). The van der Waals surface area contributed by atoms with Gasteiger partial charge in [-0.15, -0.1) is 11.3 Å². The van der Waals surface area contributed by atoms with Gasteiger partial charge in [0.15, 0.2) is 5.13 Å². The lowest BCUT2D eigenvalue weighted by Crippen LogP contribution is -2.42. The van der Waals surface area contributed by atoms with Crippen molar-refractivity contribution in [1.82, 2.24) is 4.98 Å². The number of aliphatic hydroxyl groups excluding tert-OH is 1. The van der Waals surface area contributed by atoms with E-state index < -0.39 is 12.1 Å². The van der Waals surface area contributed by atoms with Gasteiger partial charge in [0.05, 0.1) is 24.5 Å². The van der Waals surface area contributed by atoms with Crippen molar-refractivity contribution in [2.24, 2.45) is 11.8 Å². The van der Waals surface area contributed by atoms with Gasteiger partial charge in [0.1, 0.15) is 11.9 Å². The molecule has 1 aromatic heterocycles. The molecular formula is C21H26N2O4S. The molecule has 2 fully saturated rings. The van der Waals surface area contributed by atoms with Crippen LogP contribution < -0.4 is 9.64 Å². The summed E-state index contributed by atoms with van der Waals surface area (Å²) >= 11 is 1.74. The van der Waals surface area contributed by atoms with Gasteiger partial charge in [0, 0.05) is 18.0 Å². The summed E-state index contributed by atoms with van der Waals surface area (Å²) in [6.45, 7) is 6.05. The molecule has 0 bridgehead atoms. The fourth-order valence-corrected chi connectivity index (χ4v) is 5.18. The first-order valence-corrected chi connectivity index (χ1v) is 10.5. The van der Waals surface area contributed by atoms with Crippen LogP contribution in [0, 0.1) is 25.7 Å². The Morgan fingerprint density at radius 1 is 1.25 bits per heavy atom. The molecule has 28 heavy (non-hydrogen) atoms. The van der Waals surface area contributed by atoms with Crippen molar-refractivity contribution in [2.75, 3.05) is 25.1 Å². The molecular weight excluding hydrogens is 376 g/mol. The highest BCUT2D eigenvalue weighted by Gasteiger charge is 2.43. The number of carbonyl (C=O) groups excluding carboxylic acids is 1. The van der Waals surface area contributed by atoms with E-state index in [1.165, 1.54) is 12.0 Å². The van der Waals surface area contributed by atoms with Crippen LogP contribution in [-0.2, 0) is 4.74 Å². The van der Waals surface area contributed by atoms with Crippen molar-refractivity contribution in [3.63, 3.8) is 0 Å². The van der Waals surface area contributed by atoms with Crippen LogP contribution in [0.15, 0.2) is 24.3 Å². The monoisotopic (exact) mass is 402 g/mol. The Bertz CT molecular complexity index is 848. The number of esters is 1. The fourth-order valence-electron chi connectivity index (χ4n) is 4.25. The van der Waals surface area contributed by atoms with E-state index in [2.05, 4.69) is 18.7 Å². The number of thiazole rings is 1. The summed E-state index contributed by atoms with van der Waals surface area (Å²) in [5.41, 5.74) is 1.55. The Morgan fingerprint density at radius 2 is 2.00 bits per heavy atom. The maximum absolute atomic E-state index is 11.7. The van der Waals surface area contributed by atoms with E-state index in [-0.39, 0.29) is 6.10 Å². The number of aliphatic hydroxyl groups is 1. The maximum Gasteiger partial charge on any atom is 0.337 e. The van der Waals surface area contributed by atoms with Gasteiger partial charge in [0.2, 0.25) is 0 Å². The Balaban J connectivity index is 1.44. The van der Waals surface area contributed by atoms with Gasteiger partial charge >= 0.3 is 5.97 Å². The molecule has 1 N–H and O–H groups in total. The van der Waals surface area contributed by atoms with Crippen LogP contribution >= 0.6 is 11.3 Å². The van der Waals surface area contributed by atoms with Crippen LogP contribution in [0.1, 0.15) is 33.8 Å². The number of ether oxygens (including phenoxy) is 2. The van der Waals surface area contributed by atoms with E-state index in [0.29, 0.717) is 23.1 Å². The SMILES string of the molecule is COC(=O)c1cccc(O[C@@H]2C[C@@H]3CN(c4nc(C)c(C)s4)C[C@@H]3C[C@H]2O)c1. The number of hydrogen-bond acceptors (Lipinski definition) is 7. The summed E-state index contributed by atoms with van der Waals surface area (Å²) in [7, 11) is 1.36. The first-order chi connectivity index (χ1) is 13.4. The quantitative estimate of drug-likeness (QED) is 0.792. The summed E-state index contributed by atoms with van der Waals surface area (Å²) in [5, 5.41) is 11.7. The van der Waals surface area contributed by atoms with Crippen LogP contribution in [0.2, 0.25) is 0 Å². The number of carbonyl (C=O) groups is 1. The molecule has 150 valence electrons. The van der Waals surface area contributed by atoms with Gasteiger partial charge in [-0.1, -0.05) is 6.07 Å². The molecule has 0 unspecified atom stereocenters. The number of rotatable bonds is 4. The van der Waals surface area contributed by atoms with E-state index in [4.69, 9.17) is 14.5 Å². The van der Waals surface area contributed by atoms with Crippen molar-refractivity contribution < 1.29 is 19.4 Å². The molecule has 1 saturated heterocycles. The highest BCUT2D eigenvalue weighted by atomic mass is 32.1. The van der Waals surface area contributed by atoms with Crippen molar-refractivity contribution in [2.45, 2.75) is 38.9 Å². The number of methoxy groups -OCH3 is 1. The number of benzene rings is 1. The Kier molecular flexibility index (Phi) is 5.29. The van der Waals surface area contributed by atoms with Gasteiger partial charge in [-0.05, 0) is 56.7 Å². The smallest absolute Gasteiger partial charge is 0.337 e. The number of hydrogen-bond donors (Lipinski definition) is 1. The third-order valence-corrected chi connectivity index (χ3v) is 7.05. The normalized spacial score (nSPS) is 26.8. The second-order valence-electron chi connectivity index (χ2n) is 7.78. The molecule has 1 aromatic carbocycles. The van der Waals surface area contributed by atoms with E-state index >= 15 is 0 Å². The molecule has 7 heteroatoms. The van der Waals surface area contributed by atoms with Crippen molar-refractivity contribution in [1.29, 1.82) is 0 Å². The van der Waals surface area contributed by atoms with E-state index in [1.807, 2.05) is 6.07 Å². The number of nitrogens with zero attached hydrogens (tertiary/aromatic N) is 2. The fraction of sp³-hybridized carbons (Fsp3) is 0.524. The highest BCUT2D eigenvalue weighted by molar-refractivity contribution is 7.15. The molecule has 0 radical (unpaired) electrons. The van der Waals surface area contributed by atoms with Crippen LogP contribution in [0.3, 0.4) is 0 Å². The summed E-state index contributed by atoms with van der Waals surface area (Å²) in [6, 6.07) is 6.95. The average molecular weight is 403 g/mol. The first kappa shape index (κ1) is 19.2. The topological polar surface area (TPSA) is 71.9 Å². The number of fused-ring (bicyclic) bond motifs is 1. The Morgan fingerprint density at radius 3 is 2.68 bits per heavy atom. The average Bonchev–Trinajstić information content (AvgIpc) is 3.24. The molecule has 4 atom stereocenters. The van der Waals surface area contributed by atoms with Gasteiger partial charge in [0.25, 0.3) is 0 Å². The predicted octanol–water partition coefficient (Wildman–Crippen LogP) is 3.20. The lowest BCUT2D eigenvalue weighted by molar-refractivity contribution is -0.0231. The molecule has 2 aliphatic rings. The third kappa shape index (κ3) is 3.73. The molecule has 0 spiro atoms. The maximum atomic E-state index is 11.7. The predicted molar refractivity (Wildman–Crippen MR) is 108 cm³/mol. The van der Waals surface area contributed by atoms with E-state index in [1.54, 1.807) is 29.5 Å². The zero-order chi connectivity index (χ0) is 19.8. The Hall–Kier alpha value is -2.12. The molecule has 1 saturated carbocycles. The van der Waals surface area contributed by atoms with Crippen LogP contribution in [0.25, 0.3) is 0 Å². The van der Waals surface area contributed by atoms with Crippen LogP contribution in [0.4, 0.5) is 5.13 Å². The molecule has 6 nitrogen and oxygen atoms in total. The number of aromatic nitrogens is 1. The third-order valence-electron chi connectivity index (χ3n) is 5.92. The minimum absolute atomic E-state index is 0.270. The van der Waals surface area contributed by atoms with Gasteiger partial charge in [-0.3, -0.25) is 0 Å². The molecule has 1 aliphatic carbocycles. The number of aryl methyl sites for hydroxylation is 2. The van der Waals surface area contributed by atoms with Gasteiger partial charge < -0.3 is 19.5 Å². The van der Waals surface area contributed by atoms with Gasteiger partial charge in [-0.2, -0.15) is 0 Å². The van der Waals surface area contributed by atoms with E-state index in [9.17, 15) is 9.90 Å². The molecule has 2 aromatic rings. The highest BCUT2D eigenvalue weighted by Crippen LogP contribution is 2.40. The first-order valence-electron chi connectivity index (χ1n) is 9.66. The summed E-state index contributed by atoms with van der Waals surface area (Å²) in [6.07, 6.45) is 0.747. The molecule has 1 aliphatic heterocycles.